The van der Waals surface area contributed by atoms with Gasteiger partial charge in [0.25, 0.3) is 0 Å². The van der Waals surface area contributed by atoms with Gasteiger partial charge in [0.1, 0.15) is 6.29 Å². The minimum atomic E-state index is -1.14. The second-order valence-corrected chi connectivity index (χ2v) is 10.7. The SMILES string of the molecule is C=C/C=C(\C=C/C(C)C1CCCCCC1)c1ccc2c(c1)COCCCN2C(=O)N/C(C=C)=C(/C=C\C)C(=O)O.CC=O.CO. The molecule has 0 radical (unpaired) electrons. The summed E-state index contributed by atoms with van der Waals surface area (Å²) < 4.78 is 5.89. The van der Waals surface area contributed by atoms with Gasteiger partial charge in [-0.2, -0.15) is 0 Å². The summed E-state index contributed by atoms with van der Waals surface area (Å²) in [5, 5.41) is 19.4. The lowest BCUT2D eigenvalue weighted by Gasteiger charge is -2.28. The summed E-state index contributed by atoms with van der Waals surface area (Å²) in [4.78, 5) is 35.6. The first-order chi connectivity index (χ1) is 21.8. The van der Waals surface area contributed by atoms with Crippen LogP contribution in [-0.2, 0) is 20.9 Å². The fourth-order valence-corrected chi connectivity index (χ4v) is 5.46. The van der Waals surface area contributed by atoms with Gasteiger partial charge in [-0.1, -0.05) is 82.2 Å². The van der Waals surface area contributed by atoms with Gasteiger partial charge in [0.15, 0.2) is 0 Å². The van der Waals surface area contributed by atoms with Crippen LogP contribution >= 0.6 is 0 Å². The Bertz CT molecular complexity index is 1240. The third-order valence-corrected chi connectivity index (χ3v) is 7.70. The molecule has 0 aromatic heterocycles. The number of ether oxygens (including phenoxy) is 1. The van der Waals surface area contributed by atoms with E-state index in [2.05, 4.69) is 43.6 Å². The predicted molar refractivity (Wildman–Crippen MR) is 184 cm³/mol. The van der Waals surface area contributed by atoms with Crippen molar-refractivity contribution in [1.82, 2.24) is 5.32 Å². The number of hydrogen-bond donors (Lipinski definition) is 3. The fraction of sp³-hybridized carbons (Fsp3) is 0.432. The van der Waals surface area contributed by atoms with Crippen LogP contribution in [0, 0.1) is 11.8 Å². The van der Waals surface area contributed by atoms with Gasteiger partial charge in [0, 0.05) is 25.8 Å². The first-order valence-corrected chi connectivity index (χ1v) is 15.7. The highest BCUT2D eigenvalue weighted by Gasteiger charge is 2.23. The lowest BCUT2D eigenvalue weighted by Crippen LogP contribution is -2.42. The number of aldehydes is 1. The standard InChI is InChI=1S/C34H44N2O4.C2H4O.CH4O/c1-5-13-27(18-17-25(4)26-15-10-8-9-11-16-26)28-19-20-32-29(23-28)24-40-22-12-21-36(32)34(39)35-31(7-3)30(14-6-2)33(37)38;1-2-3;1-2/h5-7,13-14,17-20,23,25-26H,1,3,8-12,15-16,21-22,24H2,2,4H3,(H,35,39)(H,37,38);2H,1H3;2H,1H3/b14-6-,18-17-,27-13+,31-30-;;. The van der Waals surface area contributed by atoms with E-state index in [0.29, 0.717) is 32.1 Å². The molecule has 0 saturated heterocycles. The van der Waals surface area contributed by atoms with Crippen LogP contribution in [0.2, 0.25) is 0 Å². The molecule has 2 aliphatic rings. The Balaban J connectivity index is 0.00000191. The van der Waals surface area contributed by atoms with Gasteiger partial charge >= 0.3 is 12.0 Å². The van der Waals surface area contributed by atoms with E-state index < -0.39 is 12.0 Å². The first kappa shape index (κ1) is 39.0. The van der Waals surface area contributed by atoms with E-state index in [4.69, 9.17) is 14.6 Å². The number of carboxylic acid groups (broad SMARTS) is 1. The zero-order chi connectivity index (χ0) is 33.6. The molecule has 1 unspecified atom stereocenters. The molecule has 1 aromatic rings. The molecular weight excluding hydrogens is 568 g/mol. The molecule has 1 saturated carbocycles. The third kappa shape index (κ3) is 12.9. The van der Waals surface area contributed by atoms with Gasteiger partial charge in [-0.15, -0.1) is 0 Å². The first-order valence-electron chi connectivity index (χ1n) is 15.7. The summed E-state index contributed by atoms with van der Waals surface area (Å²) in [6.45, 7) is 14.4. The number of benzene rings is 1. The molecule has 1 aromatic carbocycles. The number of carbonyl (C=O) groups excluding carboxylic acids is 2. The number of nitrogens with zero attached hydrogens (tertiary/aromatic N) is 1. The van der Waals surface area contributed by atoms with Crippen molar-refractivity contribution in [1.29, 1.82) is 0 Å². The number of hydrogen-bond acceptors (Lipinski definition) is 5. The Kier molecular flexibility index (Phi) is 19.5. The van der Waals surface area contributed by atoms with Crippen molar-refractivity contribution < 1.29 is 29.3 Å². The molecule has 3 rings (SSSR count). The van der Waals surface area contributed by atoms with Crippen LogP contribution in [0.15, 0.2) is 85.2 Å². The molecule has 0 spiro atoms. The van der Waals surface area contributed by atoms with Crippen molar-refractivity contribution in [3.63, 3.8) is 0 Å². The third-order valence-electron chi connectivity index (χ3n) is 7.70. The van der Waals surface area contributed by atoms with Gasteiger partial charge < -0.3 is 25.1 Å². The molecule has 1 aliphatic heterocycles. The van der Waals surface area contributed by atoms with E-state index in [1.54, 1.807) is 24.0 Å². The Morgan fingerprint density at radius 1 is 1.07 bits per heavy atom. The molecule has 1 aliphatic carbocycles. The molecule has 246 valence electrons. The van der Waals surface area contributed by atoms with Crippen LogP contribution < -0.4 is 10.2 Å². The van der Waals surface area contributed by atoms with Crippen molar-refractivity contribution in [3.05, 3.63) is 96.3 Å². The second kappa shape index (κ2) is 22.5. The van der Waals surface area contributed by atoms with E-state index in [-0.39, 0.29) is 11.3 Å². The number of amides is 2. The van der Waals surface area contributed by atoms with Crippen molar-refractivity contribution in [2.24, 2.45) is 11.8 Å². The average Bonchev–Trinajstić information content (AvgIpc) is 3.32. The number of allylic oxidation sites excluding steroid dienone is 7. The summed E-state index contributed by atoms with van der Waals surface area (Å²) in [6, 6.07) is 5.63. The van der Waals surface area contributed by atoms with Crippen LogP contribution in [0.4, 0.5) is 10.5 Å². The van der Waals surface area contributed by atoms with Gasteiger partial charge in [-0.3, -0.25) is 4.90 Å². The number of aliphatic carboxylic acids is 1. The fourth-order valence-electron chi connectivity index (χ4n) is 5.46. The smallest absolute Gasteiger partial charge is 0.337 e. The molecule has 1 atom stereocenters. The summed E-state index contributed by atoms with van der Waals surface area (Å²) in [7, 11) is 1.00. The number of aliphatic hydroxyl groups excluding tert-OH is 1. The topological polar surface area (TPSA) is 116 Å². The Labute approximate surface area is 269 Å². The molecule has 1 heterocycles. The minimum Gasteiger partial charge on any atom is -0.478 e. The minimum absolute atomic E-state index is 0.0270. The quantitative estimate of drug-likeness (QED) is 0.112. The number of nitrogens with one attached hydrogen (secondary N) is 1. The number of aliphatic hydroxyl groups is 1. The summed E-state index contributed by atoms with van der Waals surface area (Å²) in [5.74, 6) is 0.0925. The zero-order valence-electron chi connectivity index (χ0n) is 27.5. The Morgan fingerprint density at radius 3 is 2.31 bits per heavy atom. The highest BCUT2D eigenvalue weighted by Crippen LogP contribution is 2.32. The molecule has 8 nitrogen and oxygen atoms in total. The van der Waals surface area contributed by atoms with Gasteiger partial charge in [0.2, 0.25) is 0 Å². The van der Waals surface area contributed by atoms with Crippen LogP contribution in [0.5, 0.6) is 0 Å². The molecule has 45 heavy (non-hydrogen) atoms. The number of rotatable bonds is 9. The van der Waals surface area contributed by atoms with Crippen LogP contribution in [0.3, 0.4) is 0 Å². The number of urea groups is 1. The highest BCUT2D eigenvalue weighted by atomic mass is 16.5. The maximum Gasteiger partial charge on any atom is 0.337 e. The predicted octanol–water partition coefficient (Wildman–Crippen LogP) is 7.77. The number of anilines is 1. The van der Waals surface area contributed by atoms with Gasteiger partial charge in [-0.05, 0) is 80.4 Å². The molecule has 2 amide bonds. The van der Waals surface area contributed by atoms with Crippen molar-refractivity contribution in [3.8, 4) is 0 Å². The van der Waals surface area contributed by atoms with Gasteiger partial charge in [-0.25, -0.2) is 9.59 Å². The molecular formula is C37H52N2O6. The van der Waals surface area contributed by atoms with E-state index in [1.165, 1.54) is 57.6 Å². The van der Waals surface area contributed by atoms with Crippen molar-refractivity contribution in [2.75, 3.05) is 25.2 Å². The Hall–Kier alpha value is -4.01. The van der Waals surface area contributed by atoms with Crippen LogP contribution in [0.25, 0.3) is 5.57 Å². The van der Waals surface area contributed by atoms with E-state index in [1.807, 2.05) is 18.2 Å². The highest BCUT2D eigenvalue weighted by molar-refractivity contribution is 5.97. The largest absolute Gasteiger partial charge is 0.478 e. The number of fused-ring (bicyclic) bond motifs is 1. The van der Waals surface area contributed by atoms with Crippen LogP contribution in [0.1, 0.15) is 76.8 Å². The van der Waals surface area contributed by atoms with E-state index >= 15 is 0 Å². The lowest BCUT2D eigenvalue weighted by atomic mass is 9.86. The molecule has 8 heteroatoms. The average molecular weight is 621 g/mol. The van der Waals surface area contributed by atoms with E-state index in [0.717, 1.165) is 41.7 Å². The maximum atomic E-state index is 13.4. The summed E-state index contributed by atoms with van der Waals surface area (Å²) >= 11 is 0. The zero-order valence-corrected chi connectivity index (χ0v) is 27.5. The monoisotopic (exact) mass is 620 g/mol. The maximum absolute atomic E-state index is 13.4. The van der Waals surface area contributed by atoms with Crippen LogP contribution in [-0.4, -0.2) is 48.8 Å². The number of carboxylic acids is 1. The number of carbonyl (C=O) groups is 3. The molecule has 3 N–H and O–H groups in total. The van der Waals surface area contributed by atoms with Crippen molar-refractivity contribution in [2.45, 2.75) is 72.3 Å². The van der Waals surface area contributed by atoms with Gasteiger partial charge in [0.05, 0.1) is 23.6 Å². The molecule has 1 fully saturated rings. The normalized spacial score (nSPS) is 17.1. The summed E-state index contributed by atoms with van der Waals surface area (Å²) in [5.41, 5.74) is 3.84. The Morgan fingerprint density at radius 2 is 1.73 bits per heavy atom. The van der Waals surface area contributed by atoms with Crippen molar-refractivity contribution >= 4 is 29.5 Å². The lowest BCUT2D eigenvalue weighted by molar-refractivity contribution is -0.132. The summed E-state index contributed by atoms with van der Waals surface area (Å²) in [6.07, 6.45) is 22.1. The molecule has 0 bridgehead atoms. The second-order valence-electron chi connectivity index (χ2n) is 10.7. The van der Waals surface area contributed by atoms with E-state index in [9.17, 15) is 14.7 Å².